The van der Waals surface area contributed by atoms with E-state index in [-0.39, 0.29) is 29.4 Å². The van der Waals surface area contributed by atoms with E-state index in [0.29, 0.717) is 11.3 Å². The summed E-state index contributed by atoms with van der Waals surface area (Å²) in [6.07, 6.45) is 4.16. The van der Waals surface area contributed by atoms with Gasteiger partial charge in [-0.25, -0.2) is 4.90 Å². The van der Waals surface area contributed by atoms with Gasteiger partial charge in [-0.15, -0.1) is 0 Å². The van der Waals surface area contributed by atoms with Crippen LogP contribution in [0.5, 0.6) is 0 Å². The average Bonchev–Trinajstić information content (AvgIpc) is 3.10. The monoisotopic (exact) mass is 421 g/mol. The van der Waals surface area contributed by atoms with Crippen molar-refractivity contribution < 1.29 is 14.4 Å². The minimum atomic E-state index is -0.499. The quantitative estimate of drug-likeness (QED) is 0.333. The lowest BCUT2D eigenvalue weighted by Crippen LogP contribution is -2.31. The van der Waals surface area contributed by atoms with E-state index < -0.39 is 11.8 Å². The van der Waals surface area contributed by atoms with Crippen LogP contribution in [0.3, 0.4) is 0 Å². The van der Waals surface area contributed by atoms with Gasteiger partial charge in [0.05, 0.1) is 17.5 Å². The molecule has 1 aliphatic heterocycles. The molecule has 0 radical (unpaired) electrons. The van der Waals surface area contributed by atoms with Crippen LogP contribution >= 0.6 is 0 Å². The molecule has 0 unspecified atom stereocenters. The lowest BCUT2D eigenvalue weighted by Gasteiger charge is -2.32. The summed E-state index contributed by atoms with van der Waals surface area (Å²) < 4.78 is 0. The van der Waals surface area contributed by atoms with Gasteiger partial charge in [-0.1, -0.05) is 84.9 Å². The van der Waals surface area contributed by atoms with Crippen molar-refractivity contribution in [1.82, 2.24) is 0 Å². The van der Waals surface area contributed by atoms with Gasteiger partial charge in [0.15, 0.2) is 5.78 Å². The van der Waals surface area contributed by atoms with Crippen molar-refractivity contribution >= 4 is 23.3 Å². The normalized spacial score (nSPS) is 24.5. The molecular weight excluding hydrogens is 398 g/mol. The summed E-state index contributed by atoms with van der Waals surface area (Å²) >= 11 is 0. The number of allylic oxidation sites excluding steroid dienone is 2. The van der Waals surface area contributed by atoms with E-state index in [0.717, 1.165) is 11.1 Å². The number of nitrogens with zero attached hydrogens (tertiary/aromatic N) is 1. The first-order chi connectivity index (χ1) is 15.6. The highest BCUT2D eigenvalue weighted by atomic mass is 16.2. The van der Waals surface area contributed by atoms with Gasteiger partial charge in [0, 0.05) is 17.4 Å². The van der Waals surface area contributed by atoms with Gasteiger partial charge < -0.3 is 0 Å². The fourth-order valence-electron chi connectivity index (χ4n) is 5.05. The molecule has 4 nitrogen and oxygen atoms in total. The number of rotatable bonds is 4. The zero-order valence-corrected chi connectivity index (χ0v) is 17.7. The molecule has 158 valence electrons. The molecule has 1 fully saturated rings. The molecule has 5 rings (SSSR count). The van der Waals surface area contributed by atoms with Crippen LogP contribution in [0.1, 0.15) is 40.2 Å². The minimum absolute atomic E-state index is 0.102. The van der Waals surface area contributed by atoms with E-state index in [1.807, 2.05) is 60.7 Å². The van der Waals surface area contributed by atoms with Gasteiger partial charge >= 0.3 is 0 Å². The molecule has 3 aromatic rings. The van der Waals surface area contributed by atoms with Crippen molar-refractivity contribution in [2.24, 2.45) is 11.8 Å². The van der Waals surface area contributed by atoms with Crippen LogP contribution in [0.15, 0.2) is 97.1 Å². The van der Waals surface area contributed by atoms with Crippen molar-refractivity contribution in [1.29, 1.82) is 0 Å². The Hall–Kier alpha value is -3.79. The van der Waals surface area contributed by atoms with Gasteiger partial charge in [0.25, 0.3) is 0 Å². The van der Waals surface area contributed by atoms with Crippen molar-refractivity contribution in [3.8, 4) is 0 Å². The Morgan fingerprint density at radius 3 is 1.66 bits per heavy atom. The van der Waals surface area contributed by atoms with Crippen LogP contribution in [0.2, 0.25) is 0 Å². The van der Waals surface area contributed by atoms with Crippen LogP contribution in [-0.2, 0) is 9.59 Å². The third kappa shape index (κ3) is 3.28. The van der Waals surface area contributed by atoms with Crippen LogP contribution in [0, 0.1) is 11.8 Å². The number of fused-ring (bicyclic) bond motifs is 1. The molecule has 1 heterocycles. The first-order valence-corrected chi connectivity index (χ1v) is 10.8. The van der Waals surface area contributed by atoms with E-state index >= 15 is 0 Å². The highest BCUT2D eigenvalue weighted by molar-refractivity contribution is 6.23. The number of imide groups is 1. The smallest absolute Gasteiger partial charge is 0.238 e. The van der Waals surface area contributed by atoms with Gasteiger partial charge in [-0.3, -0.25) is 14.4 Å². The van der Waals surface area contributed by atoms with Crippen LogP contribution in [0.4, 0.5) is 5.69 Å². The second-order valence-electron chi connectivity index (χ2n) is 8.43. The average molecular weight is 421 g/mol. The zero-order valence-electron chi connectivity index (χ0n) is 17.7. The molecule has 2 amide bonds. The topological polar surface area (TPSA) is 54.5 Å². The number of carbonyl (C=O) groups excluding carboxylic acids is 3. The maximum Gasteiger partial charge on any atom is 0.238 e. The SMILES string of the molecule is CC(=O)c1cccc(N2C(=O)[C@@H]3[C@H](C2=O)[C@H](c2ccccc2)C=C[C@@H]3c2ccccc2)c1. The number of Topliss-reactive ketones (excluding diaryl/α,β-unsaturated/α-hetero) is 1. The number of benzene rings is 3. The standard InChI is InChI=1S/C28H23NO3/c1-18(30)21-13-8-14-22(17-21)29-27(31)25-23(19-9-4-2-5-10-19)15-16-24(26(25)28(29)32)20-11-6-3-7-12-20/h2-17,23-26H,1H3/t23-,24+,25+,26-. The Bertz CT molecular complexity index is 1150. The molecule has 0 spiro atoms. The lowest BCUT2D eigenvalue weighted by molar-refractivity contribution is -0.122. The molecule has 32 heavy (non-hydrogen) atoms. The molecule has 3 aromatic carbocycles. The predicted octanol–water partition coefficient (Wildman–Crippen LogP) is 5.13. The molecule has 0 saturated carbocycles. The molecule has 1 aliphatic carbocycles. The Kier molecular flexibility index (Phi) is 5.06. The molecule has 0 aromatic heterocycles. The molecule has 2 aliphatic rings. The molecule has 0 N–H and O–H groups in total. The third-order valence-electron chi connectivity index (χ3n) is 6.58. The van der Waals surface area contributed by atoms with Crippen molar-refractivity contribution in [2.45, 2.75) is 18.8 Å². The number of carbonyl (C=O) groups is 3. The first kappa shape index (κ1) is 20.1. The maximum atomic E-state index is 13.8. The van der Waals surface area contributed by atoms with Crippen molar-refractivity contribution in [3.05, 3.63) is 114 Å². The third-order valence-corrected chi connectivity index (χ3v) is 6.58. The lowest BCUT2D eigenvalue weighted by atomic mass is 9.68. The largest absolute Gasteiger partial charge is 0.295 e. The zero-order chi connectivity index (χ0) is 22.2. The van der Waals surface area contributed by atoms with Crippen LogP contribution in [0.25, 0.3) is 0 Å². The Balaban J connectivity index is 1.63. The highest BCUT2D eigenvalue weighted by Crippen LogP contribution is 2.50. The van der Waals surface area contributed by atoms with E-state index in [4.69, 9.17) is 0 Å². The Morgan fingerprint density at radius 2 is 1.19 bits per heavy atom. The summed E-state index contributed by atoms with van der Waals surface area (Å²) in [4.78, 5) is 40.8. The number of hydrogen-bond acceptors (Lipinski definition) is 3. The summed E-state index contributed by atoms with van der Waals surface area (Å²) in [7, 11) is 0. The summed E-state index contributed by atoms with van der Waals surface area (Å²) in [5.41, 5.74) is 2.98. The summed E-state index contributed by atoms with van der Waals surface area (Å²) in [5.74, 6) is -1.88. The Morgan fingerprint density at radius 1 is 0.688 bits per heavy atom. The molecule has 1 saturated heterocycles. The Labute approximate surface area is 187 Å². The second-order valence-corrected chi connectivity index (χ2v) is 8.43. The number of amides is 2. The van der Waals surface area contributed by atoms with Gasteiger partial charge in [-0.05, 0) is 30.2 Å². The van der Waals surface area contributed by atoms with Crippen LogP contribution in [-0.4, -0.2) is 17.6 Å². The predicted molar refractivity (Wildman–Crippen MR) is 123 cm³/mol. The number of hydrogen-bond donors (Lipinski definition) is 0. The summed E-state index contributed by atoms with van der Waals surface area (Å²) in [6, 6.07) is 26.5. The minimum Gasteiger partial charge on any atom is -0.295 e. The first-order valence-electron chi connectivity index (χ1n) is 10.8. The van der Waals surface area contributed by atoms with Gasteiger partial charge in [0.2, 0.25) is 11.8 Å². The highest BCUT2D eigenvalue weighted by Gasteiger charge is 2.55. The number of ketones is 1. The van der Waals surface area contributed by atoms with E-state index in [2.05, 4.69) is 12.2 Å². The van der Waals surface area contributed by atoms with E-state index in [9.17, 15) is 14.4 Å². The van der Waals surface area contributed by atoms with Gasteiger partial charge in [-0.2, -0.15) is 0 Å². The number of anilines is 1. The van der Waals surface area contributed by atoms with E-state index in [1.165, 1.54) is 11.8 Å². The maximum absolute atomic E-state index is 13.8. The van der Waals surface area contributed by atoms with E-state index in [1.54, 1.807) is 24.3 Å². The fraction of sp³-hybridized carbons (Fsp3) is 0.179. The molecular formula is C28H23NO3. The molecule has 4 heteroatoms. The van der Waals surface area contributed by atoms with Crippen LogP contribution < -0.4 is 4.90 Å². The summed E-state index contributed by atoms with van der Waals surface area (Å²) in [5, 5.41) is 0. The van der Waals surface area contributed by atoms with Gasteiger partial charge in [0.1, 0.15) is 0 Å². The fourth-order valence-corrected chi connectivity index (χ4v) is 5.05. The summed E-state index contributed by atoms with van der Waals surface area (Å²) in [6.45, 7) is 1.48. The second kappa shape index (κ2) is 8.04. The molecule has 4 atom stereocenters. The van der Waals surface area contributed by atoms with Crippen molar-refractivity contribution in [3.63, 3.8) is 0 Å². The molecule has 0 bridgehead atoms. The van der Waals surface area contributed by atoms with Crippen molar-refractivity contribution in [2.75, 3.05) is 4.90 Å².